The molecule has 0 aliphatic carbocycles. The van der Waals surface area contributed by atoms with Crippen LogP contribution in [0.25, 0.3) is 0 Å². The monoisotopic (exact) mass is 226 g/mol. The lowest BCUT2D eigenvalue weighted by Gasteiger charge is -1.95. The van der Waals surface area contributed by atoms with Crippen LogP contribution in [0, 0.1) is 5.82 Å². The van der Waals surface area contributed by atoms with Gasteiger partial charge in [-0.1, -0.05) is 18.2 Å². The van der Waals surface area contributed by atoms with Crippen molar-refractivity contribution in [2.75, 3.05) is 26.4 Å². The summed E-state index contributed by atoms with van der Waals surface area (Å²) in [6, 6.07) is 7.94. The normalized spacial score (nSPS) is 25.6. The SMILES string of the molecule is C(OCC1CO1)C1CO1.Fc1ccccc1. The molecule has 1 aromatic rings. The third-order valence-electron chi connectivity index (χ3n) is 2.15. The van der Waals surface area contributed by atoms with Gasteiger partial charge >= 0.3 is 0 Å². The molecule has 88 valence electrons. The largest absolute Gasteiger partial charge is 0.376 e. The van der Waals surface area contributed by atoms with Crippen LogP contribution >= 0.6 is 0 Å². The van der Waals surface area contributed by atoms with E-state index < -0.39 is 0 Å². The van der Waals surface area contributed by atoms with Gasteiger partial charge in [-0.15, -0.1) is 0 Å². The van der Waals surface area contributed by atoms with Crippen molar-refractivity contribution in [3.05, 3.63) is 36.1 Å². The van der Waals surface area contributed by atoms with Crippen molar-refractivity contribution < 1.29 is 18.6 Å². The molecular weight excluding hydrogens is 211 g/mol. The first-order chi connectivity index (χ1) is 7.84. The number of hydrogen-bond acceptors (Lipinski definition) is 3. The maximum absolute atomic E-state index is 11.9. The minimum atomic E-state index is -0.178. The number of ether oxygens (including phenoxy) is 3. The fraction of sp³-hybridized carbons (Fsp3) is 0.500. The molecule has 16 heavy (non-hydrogen) atoms. The van der Waals surface area contributed by atoms with Gasteiger partial charge in [-0.05, 0) is 12.1 Å². The van der Waals surface area contributed by atoms with Gasteiger partial charge in [0.2, 0.25) is 0 Å². The van der Waals surface area contributed by atoms with Gasteiger partial charge in [0.25, 0.3) is 0 Å². The van der Waals surface area contributed by atoms with Gasteiger partial charge in [0.15, 0.2) is 0 Å². The van der Waals surface area contributed by atoms with Crippen molar-refractivity contribution in [1.82, 2.24) is 0 Å². The van der Waals surface area contributed by atoms with E-state index in [-0.39, 0.29) is 5.82 Å². The minimum absolute atomic E-state index is 0.178. The molecule has 0 aromatic heterocycles. The molecule has 2 aliphatic heterocycles. The van der Waals surface area contributed by atoms with Gasteiger partial charge < -0.3 is 14.2 Å². The van der Waals surface area contributed by atoms with E-state index in [1.807, 2.05) is 0 Å². The molecule has 2 aliphatic rings. The first-order valence-electron chi connectivity index (χ1n) is 5.36. The molecule has 4 heteroatoms. The van der Waals surface area contributed by atoms with Gasteiger partial charge in [-0.2, -0.15) is 0 Å². The fourth-order valence-corrected chi connectivity index (χ4v) is 1.07. The van der Waals surface area contributed by atoms with Crippen molar-refractivity contribution >= 4 is 0 Å². The Morgan fingerprint density at radius 2 is 1.56 bits per heavy atom. The average molecular weight is 226 g/mol. The fourth-order valence-electron chi connectivity index (χ4n) is 1.07. The summed E-state index contributed by atoms with van der Waals surface area (Å²) >= 11 is 0. The summed E-state index contributed by atoms with van der Waals surface area (Å²) in [7, 11) is 0. The zero-order valence-electron chi connectivity index (χ0n) is 8.97. The summed E-state index contributed by atoms with van der Waals surface area (Å²) in [5.41, 5.74) is 0. The lowest BCUT2D eigenvalue weighted by atomic mass is 10.4. The topological polar surface area (TPSA) is 34.3 Å². The highest BCUT2D eigenvalue weighted by atomic mass is 19.1. The van der Waals surface area contributed by atoms with E-state index in [4.69, 9.17) is 14.2 Å². The van der Waals surface area contributed by atoms with Crippen LogP contribution < -0.4 is 0 Å². The zero-order valence-corrected chi connectivity index (χ0v) is 8.97. The predicted octanol–water partition coefficient (Wildman–Crippen LogP) is 1.63. The number of epoxide rings is 2. The maximum atomic E-state index is 11.9. The molecule has 0 radical (unpaired) electrons. The molecule has 2 fully saturated rings. The lowest BCUT2D eigenvalue weighted by Crippen LogP contribution is -2.06. The van der Waals surface area contributed by atoms with E-state index in [0.29, 0.717) is 12.2 Å². The Hall–Kier alpha value is -0.970. The Labute approximate surface area is 94.1 Å². The Morgan fingerprint density at radius 1 is 1.06 bits per heavy atom. The molecule has 2 atom stereocenters. The van der Waals surface area contributed by atoms with Crippen molar-refractivity contribution in [3.8, 4) is 0 Å². The molecule has 1 aromatic carbocycles. The van der Waals surface area contributed by atoms with Crippen molar-refractivity contribution in [1.29, 1.82) is 0 Å². The molecule has 2 saturated heterocycles. The standard InChI is InChI=1S/C6H5F.C6H10O3/c7-6-4-2-1-3-5-6;1(5-3-8-5)7-2-6-4-9-6/h1-5H;5-6H,1-4H2. The summed E-state index contributed by atoms with van der Waals surface area (Å²) in [6.45, 7) is 3.26. The van der Waals surface area contributed by atoms with E-state index in [2.05, 4.69) is 0 Å². The van der Waals surface area contributed by atoms with E-state index in [0.717, 1.165) is 26.4 Å². The zero-order chi connectivity index (χ0) is 11.2. The number of rotatable bonds is 4. The second-order valence-corrected chi connectivity index (χ2v) is 3.74. The molecule has 0 amide bonds. The van der Waals surface area contributed by atoms with Crippen molar-refractivity contribution in [2.45, 2.75) is 12.2 Å². The van der Waals surface area contributed by atoms with E-state index >= 15 is 0 Å². The summed E-state index contributed by atoms with van der Waals surface area (Å²) in [6.07, 6.45) is 0.785. The first-order valence-corrected chi connectivity index (χ1v) is 5.36. The van der Waals surface area contributed by atoms with E-state index in [9.17, 15) is 4.39 Å². The number of halogens is 1. The highest BCUT2D eigenvalue weighted by Crippen LogP contribution is 2.12. The van der Waals surface area contributed by atoms with Crippen LogP contribution in [0.15, 0.2) is 30.3 Å². The highest BCUT2D eigenvalue weighted by molar-refractivity contribution is 5.02. The Kier molecular flexibility index (Phi) is 4.27. The third kappa shape index (κ3) is 5.21. The maximum Gasteiger partial charge on any atom is 0.123 e. The molecule has 2 unspecified atom stereocenters. The third-order valence-corrected chi connectivity index (χ3v) is 2.15. The van der Waals surface area contributed by atoms with Crippen LogP contribution in [0.4, 0.5) is 4.39 Å². The minimum Gasteiger partial charge on any atom is -0.376 e. The lowest BCUT2D eigenvalue weighted by molar-refractivity contribution is 0.102. The van der Waals surface area contributed by atoms with Crippen LogP contribution in [-0.4, -0.2) is 38.6 Å². The predicted molar refractivity (Wildman–Crippen MR) is 56.7 cm³/mol. The van der Waals surface area contributed by atoms with Gasteiger partial charge in [-0.3, -0.25) is 0 Å². The Morgan fingerprint density at radius 3 is 1.88 bits per heavy atom. The summed E-state index contributed by atoms with van der Waals surface area (Å²) < 4.78 is 27.0. The molecule has 2 heterocycles. The molecule has 0 spiro atoms. The molecule has 0 saturated carbocycles. The highest BCUT2D eigenvalue weighted by Gasteiger charge is 2.26. The van der Waals surface area contributed by atoms with Crippen molar-refractivity contribution in [3.63, 3.8) is 0 Å². The van der Waals surface area contributed by atoms with Crippen LogP contribution in [-0.2, 0) is 14.2 Å². The second kappa shape index (κ2) is 5.94. The molecular formula is C12H15FO3. The average Bonchev–Trinajstić information content (AvgIpc) is 3.14. The number of benzene rings is 1. The smallest absolute Gasteiger partial charge is 0.123 e. The van der Waals surface area contributed by atoms with Crippen LogP contribution in [0.2, 0.25) is 0 Å². The Balaban J connectivity index is 0.000000125. The van der Waals surface area contributed by atoms with Crippen LogP contribution in [0.3, 0.4) is 0 Å². The van der Waals surface area contributed by atoms with Gasteiger partial charge in [0.1, 0.15) is 18.0 Å². The first kappa shape index (κ1) is 11.5. The Bertz CT molecular complexity index is 284. The summed E-state index contributed by atoms with van der Waals surface area (Å²) in [5.74, 6) is -0.178. The molecule has 3 rings (SSSR count). The quantitative estimate of drug-likeness (QED) is 0.732. The molecule has 3 nitrogen and oxygen atoms in total. The second-order valence-electron chi connectivity index (χ2n) is 3.74. The number of hydrogen-bond donors (Lipinski definition) is 0. The summed E-state index contributed by atoms with van der Waals surface area (Å²) in [5, 5.41) is 0. The van der Waals surface area contributed by atoms with Gasteiger partial charge in [-0.25, -0.2) is 4.39 Å². The molecule has 0 N–H and O–H groups in total. The molecule has 0 bridgehead atoms. The van der Waals surface area contributed by atoms with Crippen LogP contribution in [0.5, 0.6) is 0 Å². The van der Waals surface area contributed by atoms with E-state index in [1.165, 1.54) is 12.1 Å². The van der Waals surface area contributed by atoms with Crippen molar-refractivity contribution in [2.24, 2.45) is 0 Å². The summed E-state index contributed by atoms with van der Waals surface area (Å²) in [4.78, 5) is 0. The van der Waals surface area contributed by atoms with Gasteiger partial charge in [0, 0.05) is 0 Å². The van der Waals surface area contributed by atoms with Gasteiger partial charge in [0.05, 0.1) is 26.4 Å². The van der Waals surface area contributed by atoms with Crippen LogP contribution in [0.1, 0.15) is 0 Å². The van der Waals surface area contributed by atoms with E-state index in [1.54, 1.807) is 18.2 Å².